The lowest BCUT2D eigenvalue weighted by Crippen LogP contribution is -2.30. The number of carbonyl (C=O) groups is 1. The van der Waals surface area contributed by atoms with Crippen LogP contribution in [0.15, 0.2) is 41.2 Å². The van der Waals surface area contributed by atoms with E-state index in [0.717, 1.165) is 53.8 Å². The maximum atomic E-state index is 10.8. The van der Waals surface area contributed by atoms with E-state index in [4.69, 9.17) is 15.4 Å². The van der Waals surface area contributed by atoms with E-state index in [1.54, 1.807) is 6.07 Å². The zero-order chi connectivity index (χ0) is 19.8. The molecular weight excluding hydrogens is 370 g/mol. The summed E-state index contributed by atoms with van der Waals surface area (Å²) >= 11 is 0. The van der Waals surface area contributed by atoms with Gasteiger partial charge < -0.3 is 15.6 Å². The molecule has 0 aliphatic carbocycles. The molecular formula is C20H19N7O2. The number of nitrogens with two attached hydrogens (primary N) is 1. The van der Waals surface area contributed by atoms with E-state index in [2.05, 4.69) is 20.4 Å². The number of piperidine rings is 1. The number of nitrogens with zero attached hydrogens (tertiary/aromatic N) is 5. The van der Waals surface area contributed by atoms with Crippen molar-refractivity contribution in [1.29, 1.82) is 0 Å². The molecule has 1 aromatic carbocycles. The molecule has 0 saturated carbocycles. The third-order valence-electron chi connectivity index (χ3n) is 5.27. The van der Waals surface area contributed by atoms with Crippen molar-refractivity contribution in [1.82, 2.24) is 30.2 Å². The lowest BCUT2D eigenvalue weighted by Gasteiger charge is -2.23. The minimum Gasteiger partial charge on any atom is -0.383 e. The van der Waals surface area contributed by atoms with Crippen LogP contribution in [-0.4, -0.2) is 44.3 Å². The van der Waals surface area contributed by atoms with E-state index in [0.29, 0.717) is 17.8 Å². The van der Waals surface area contributed by atoms with Crippen LogP contribution in [-0.2, 0) is 0 Å². The minimum absolute atomic E-state index is 0.195. The first-order valence-corrected chi connectivity index (χ1v) is 9.46. The number of anilines is 1. The number of nitrogens with one attached hydrogen (secondary N) is 1. The molecule has 29 heavy (non-hydrogen) atoms. The van der Waals surface area contributed by atoms with Crippen LogP contribution in [0.4, 0.5) is 5.82 Å². The zero-order valence-corrected chi connectivity index (χ0v) is 15.6. The Labute approximate surface area is 165 Å². The van der Waals surface area contributed by atoms with E-state index >= 15 is 0 Å². The van der Waals surface area contributed by atoms with Crippen molar-refractivity contribution < 1.29 is 9.32 Å². The number of rotatable bonds is 4. The highest BCUT2D eigenvalue weighted by atomic mass is 16.5. The Morgan fingerprint density at radius 1 is 1.14 bits per heavy atom. The van der Waals surface area contributed by atoms with Crippen LogP contribution in [0.1, 0.15) is 29.4 Å². The lowest BCUT2D eigenvalue weighted by atomic mass is 10.1. The first kappa shape index (κ1) is 17.5. The van der Waals surface area contributed by atoms with Crippen molar-refractivity contribution in [3.05, 3.63) is 42.4 Å². The molecule has 0 unspecified atom stereocenters. The summed E-state index contributed by atoms with van der Waals surface area (Å²) < 4.78 is 6.95. The van der Waals surface area contributed by atoms with Crippen molar-refractivity contribution in [2.75, 3.05) is 18.8 Å². The SMILES string of the molecule is Nc1ncnc2c1c(-c1ccc(-c3cc(C=O)on3)cc1)nn2C1CCNCC1. The monoisotopic (exact) mass is 389 g/mol. The molecule has 0 radical (unpaired) electrons. The fourth-order valence-corrected chi connectivity index (χ4v) is 3.78. The smallest absolute Gasteiger partial charge is 0.199 e. The molecule has 0 atom stereocenters. The summed E-state index contributed by atoms with van der Waals surface area (Å²) in [5, 5.41) is 13.0. The quantitative estimate of drug-likeness (QED) is 0.510. The van der Waals surface area contributed by atoms with Crippen molar-refractivity contribution in [2.45, 2.75) is 18.9 Å². The predicted molar refractivity (Wildman–Crippen MR) is 107 cm³/mol. The molecule has 0 spiro atoms. The summed E-state index contributed by atoms with van der Waals surface area (Å²) in [7, 11) is 0. The predicted octanol–water partition coefficient (Wildman–Crippen LogP) is 2.47. The Balaban J connectivity index is 1.58. The largest absolute Gasteiger partial charge is 0.383 e. The summed E-state index contributed by atoms with van der Waals surface area (Å²) in [6, 6.07) is 9.61. The number of aromatic nitrogens is 5. The van der Waals surface area contributed by atoms with E-state index in [9.17, 15) is 4.79 Å². The molecule has 1 saturated heterocycles. The summed E-state index contributed by atoms with van der Waals surface area (Å²) in [6.07, 6.45) is 4.10. The number of fused-ring (bicyclic) bond motifs is 1. The molecule has 5 rings (SSSR count). The summed E-state index contributed by atoms with van der Waals surface area (Å²) in [6.45, 7) is 1.91. The van der Waals surface area contributed by atoms with Crippen LogP contribution in [0.25, 0.3) is 33.5 Å². The molecule has 4 heterocycles. The van der Waals surface area contributed by atoms with Gasteiger partial charge in [-0.1, -0.05) is 29.4 Å². The van der Waals surface area contributed by atoms with Crippen LogP contribution in [0.3, 0.4) is 0 Å². The molecule has 0 bridgehead atoms. The van der Waals surface area contributed by atoms with Gasteiger partial charge >= 0.3 is 0 Å². The maximum absolute atomic E-state index is 10.8. The molecule has 9 nitrogen and oxygen atoms in total. The zero-order valence-electron chi connectivity index (χ0n) is 15.6. The minimum atomic E-state index is 0.195. The summed E-state index contributed by atoms with van der Waals surface area (Å²) in [5.74, 6) is 0.613. The van der Waals surface area contributed by atoms with Crippen LogP contribution in [0.2, 0.25) is 0 Å². The maximum Gasteiger partial charge on any atom is 0.199 e. The molecule has 4 aromatic rings. The van der Waals surface area contributed by atoms with Gasteiger partial charge in [0.25, 0.3) is 0 Å². The Morgan fingerprint density at radius 3 is 2.62 bits per heavy atom. The molecule has 146 valence electrons. The van der Waals surface area contributed by atoms with E-state index in [1.165, 1.54) is 6.33 Å². The van der Waals surface area contributed by atoms with Crippen molar-refractivity contribution in [3.8, 4) is 22.5 Å². The number of hydrogen-bond donors (Lipinski definition) is 2. The number of hydrogen-bond acceptors (Lipinski definition) is 8. The molecule has 1 fully saturated rings. The van der Waals surface area contributed by atoms with E-state index in [-0.39, 0.29) is 11.8 Å². The Morgan fingerprint density at radius 2 is 1.90 bits per heavy atom. The standard InChI is InChI=1S/C20H19N7O2/c21-19-17-18(13-3-1-12(2-4-13)16-9-15(10-28)29-26-16)25-27(20(17)24-11-23-19)14-5-7-22-8-6-14/h1-4,9-11,14,22H,5-8H2,(H2,21,23,24). The molecule has 1 aliphatic rings. The normalized spacial score (nSPS) is 15.0. The van der Waals surface area contributed by atoms with Gasteiger partial charge in [0, 0.05) is 17.2 Å². The highest BCUT2D eigenvalue weighted by molar-refractivity contribution is 5.98. The summed E-state index contributed by atoms with van der Waals surface area (Å²) in [4.78, 5) is 19.5. The van der Waals surface area contributed by atoms with Crippen LogP contribution in [0.5, 0.6) is 0 Å². The van der Waals surface area contributed by atoms with Gasteiger partial charge in [0.1, 0.15) is 23.5 Å². The lowest BCUT2D eigenvalue weighted by molar-refractivity contribution is 0.109. The average Bonchev–Trinajstić information content (AvgIpc) is 3.40. The third-order valence-corrected chi connectivity index (χ3v) is 5.27. The Bertz CT molecular complexity index is 1170. The highest BCUT2D eigenvalue weighted by Crippen LogP contribution is 2.34. The second kappa shape index (κ2) is 7.10. The van der Waals surface area contributed by atoms with Gasteiger partial charge in [-0.25, -0.2) is 14.6 Å². The van der Waals surface area contributed by atoms with Gasteiger partial charge in [0.15, 0.2) is 17.7 Å². The van der Waals surface area contributed by atoms with Crippen LogP contribution < -0.4 is 11.1 Å². The van der Waals surface area contributed by atoms with Crippen molar-refractivity contribution in [3.63, 3.8) is 0 Å². The van der Waals surface area contributed by atoms with Gasteiger partial charge in [0.05, 0.1) is 11.4 Å². The van der Waals surface area contributed by atoms with Crippen LogP contribution in [0, 0.1) is 0 Å². The van der Waals surface area contributed by atoms with Gasteiger partial charge in [-0.05, 0) is 25.9 Å². The van der Waals surface area contributed by atoms with Crippen molar-refractivity contribution >= 4 is 23.1 Å². The topological polar surface area (TPSA) is 125 Å². The number of carbonyl (C=O) groups excluding carboxylic acids is 1. The molecule has 3 N–H and O–H groups in total. The highest BCUT2D eigenvalue weighted by Gasteiger charge is 2.23. The van der Waals surface area contributed by atoms with Gasteiger partial charge in [-0.15, -0.1) is 0 Å². The van der Waals surface area contributed by atoms with E-state index < -0.39 is 0 Å². The second-order valence-corrected chi connectivity index (χ2v) is 7.04. The molecule has 9 heteroatoms. The number of nitrogen functional groups attached to an aromatic ring is 1. The fraction of sp³-hybridized carbons (Fsp3) is 0.250. The van der Waals surface area contributed by atoms with Gasteiger partial charge in [-0.3, -0.25) is 4.79 Å². The molecule has 0 amide bonds. The number of aldehydes is 1. The first-order valence-electron chi connectivity index (χ1n) is 9.46. The Kier molecular flexibility index (Phi) is 4.28. The van der Waals surface area contributed by atoms with Gasteiger partial charge in [-0.2, -0.15) is 5.10 Å². The fourth-order valence-electron chi connectivity index (χ4n) is 3.78. The molecule has 1 aliphatic heterocycles. The average molecular weight is 389 g/mol. The Hall–Kier alpha value is -3.59. The second-order valence-electron chi connectivity index (χ2n) is 7.04. The van der Waals surface area contributed by atoms with E-state index in [1.807, 2.05) is 28.9 Å². The van der Waals surface area contributed by atoms with Crippen LogP contribution >= 0.6 is 0 Å². The first-order chi connectivity index (χ1) is 14.2. The third kappa shape index (κ3) is 3.05. The summed E-state index contributed by atoms with van der Waals surface area (Å²) in [5.41, 5.74) is 10.1. The number of benzene rings is 1. The van der Waals surface area contributed by atoms with Gasteiger partial charge in [0.2, 0.25) is 0 Å². The molecule has 3 aromatic heterocycles. The van der Waals surface area contributed by atoms with Crippen molar-refractivity contribution in [2.24, 2.45) is 0 Å².